The Labute approximate surface area is 95.0 Å². The molecular formula is C11H18N2O3. The Morgan fingerprint density at radius 1 is 1.69 bits per heavy atom. The number of ether oxygens (including phenoxy) is 1. The third-order valence-corrected chi connectivity index (χ3v) is 2.73. The van der Waals surface area contributed by atoms with Crippen LogP contribution in [0.25, 0.3) is 0 Å². The lowest BCUT2D eigenvalue weighted by molar-refractivity contribution is -0.154. The Balaban J connectivity index is 2.95. The standard InChI is InChI=1S/C11H18N2O3/c1-5-13-7-6-8(12-13)11(2,3)9(14)10(15)16-4/h6-7,9,14H,5H2,1-4H3. The zero-order valence-corrected chi connectivity index (χ0v) is 10.1. The fourth-order valence-electron chi connectivity index (χ4n) is 1.43. The van der Waals surface area contributed by atoms with Crippen LogP contribution in [0.5, 0.6) is 0 Å². The van der Waals surface area contributed by atoms with Gasteiger partial charge in [-0.05, 0) is 13.0 Å². The summed E-state index contributed by atoms with van der Waals surface area (Å²) in [6, 6.07) is 1.80. The highest BCUT2D eigenvalue weighted by molar-refractivity contribution is 5.76. The van der Waals surface area contributed by atoms with Crippen molar-refractivity contribution < 1.29 is 14.6 Å². The molecule has 1 unspecified atom stereocenters. The Bertz CT molecular complexity index is 371. The van der Waals surface area contributed by atoms with Crippen molar-refractivity contribution in [1.29, 1.82) is 0 Å². The summed E-state index contributed by atoms with van der Waals surface area (Å²) < 4.78 is 6.28. The van der Waals surface area contributed by atoms with Gasteiger partial charge in [-0.15, -0.1) is 0 Å². The van der Waals surface area contributed by atoms with E-state index in [2.05, 4.69) is 9.84 Å². The van der Waals surface area contributed by atoms with Gasteiger partial charge in [-0.1, -0.05) is 13.8 Å². The molecule has 90 valence electrons. The number of aryl methyl sites for hydroxylation is 1. The quantitative estimate of drug-likeness (QED) is 0.768. The average Bonchev–Trinajstić information content (AvgIpc) is 2.75. The fraction of sp³-hybridized carbons (Fsp3) is 0.636. The highest BCUT2D eigenvalue weighted by Crippen LogP contribution is 2.26. The smallest absolute Gasteiger partial charge is 0.335 e. The Morgan fingerprint density at radius 3 is 2.75 bits per heavy atom. The molecular weight excluding hydrogens is 208 g/mol. The van der Waals surface area contributed by atoms with E-state index in [0.717, 1.165) is 6.54 Å². The maximum Gasteiger partial charge on any atom is 0.335 e. The summed E-state index contributed by atoms with van der Waals surface area (Å²) in [7, 11) is 1.26. The van der Waals surface area contributed by atoms with Gasteiger partial charge in [0.1, 0.15) is 0 Å². The van der Waals surface area contributed by atoms with Gasteiger partial charge in [-0.25, -0.2) is 4.79 Å². The normalized spacial score (nSPS) is 13.6. The molecule has 0 aliphatic rings. The van der Waals surface area contributed by atoms with Crippen molar-refractivity contribution in [3.8, 4) is 0 Å². The molecule has 0 radical (unpaired) electrons. The second-order valence-corrected chi connectivity index (χ2v) is 4.20. The molecule has 0 amide bonds. The van der Waals surface area contributed by atoms with Crippen LogP contribution in [0, 0.1) is 0 Å². The average molecular weight is 226 g/mol. The van der Waals surface area contributed by atoms with Gasteiger partial charge in [0.05, 0.1) is 12.8 Å². The predicted octanol–water partition coefficient (Wildman–Crippen LogP) is 0.714. The molecule has 16 heavy (non-hydrogen) atoms. The van der Waals surface area contributed by atoms with Crippen molar-refractivity contribution in [2.24, 2.45) is 0 Å². The molecule has 1 aromatic heterocycles. The zero-order chi connectivity index (χ0) is 12.3. The van der Waals surface area contributed by atoms with Crippen LogP contribution in [0.4, 0.5) is 0 Å². The van der Waals surface area contributed by atoms with Crippen molar-refractivity contribution in [3.05, 3.63) is 18.0 Å². The van der Waals surface area contributed by atoms with Gasteiger partial charge in [-0.3, -0.25) is 4.68 Å². The van der Waals surface area contributed by atoms with Gasteiger partial charge < -0.3 is 9.84 Å². The van der Waals surface area contributed by atoms with E-state index in [1.165, 1.54) is 7.11 Å². The van der Waals surface area contributed by atoms with Gasteiger partial charge in [0.25, 0.3) is 0 Å². The van der Waals surface area contributed by atoms with Crippen LogP contribution in [0.1, 0.15) is 26.5 Å². The summed E-state index contributed by atoms with van der Waals surface area (Å²) in [5, 5.41) is 14.1. The van der Waals surface area contributed by atoms with E-state index in [1.54, 1.807) is 24.6 Å². The molecule has 1 N–H and O–H groups in total. The number of hydrogen-bond acceptors (Lipinski definition) is 4. The topological polar surface area (TPSA) is 64.4 Å². The SMILES string of the molecule is CCn1ccc(C(C)(C)C(O)C(=O)OC)n1. The monoisotopic (exact) mass is 226 g/mol. The van der Waals surface area contributed by atoms with Crippen molar-refractivity contribution in [3.63, 3.8) is 0 Å². The first-order chi connectivity index (χ1) is 7.43. The largest absolute Gasteiger partial charge is 0.467 e. The summed E-state index contributed by atoms with van der Waals surface area (Å²) in [4.78, 5) is 11.3. The lowest BCUT2D eigenvalue weighted by atomic mass is 9.83. The third-order valence-electron chi connectivity index (χ3n) is 2.73. The van der Waals surface area contributed by atoms with Gasteiger partial charge >= 0.3 is 5.97 Å². The molecule has 1 atom stereocenters. The second-order valence-electron chi connectivity index (χ2n) is 4.20. The van der Waals surface area contributed by atoms with Crippen LogP contribution in [0.3, 0.4) is 0 Å². The lowest BCUT2D eigenvalue weighted by Crippen LogP contribution is -2.41. The van der Waals surface area contributed by atoms with Crippen LogP contribution >= 0.6 is 0 Å². The maximum atomic E-state index is 11.3. The van der Waals surface area contributed by atoms with Crippen LogP contribution in [-0.4, -0.2) is 34.1 Å². The molecule has 1 aromatic rings. The number of aliphatic hydroxyl groups is 1. The molecule has 0 aliphatic heterocycles. The Morgan fingerprint density at radius 2 is 2.31 bits per heavy atom. The molecule has 0 fully saturated rings. The van der Waals surface area contributed by atoms with E-state index < -0.39 is 17.5 Å². The summed E-state index contributed by atoms with van der Waals surface area (Å²) in [6.07, 6.45) is 0.610. The summed E-state index contributed by atoms with van der Waals surface area (Å²) >= 11 is 0. The number of hydrogen-bond donors (Lipinski definition) is 1. The van der Waals surface area contributed by atoms with Crippen LogP contribution in [0.15, 0.2) is 12.3 Å². The van der Waals surface area contributed by atoms with Gasteiger partial charge in [-0.2, -0.15) is 5.10 Å². The van der Waals surface area contributed by atoms with Crippen molar-refractivity contribution >= 4 is 5.97 Å². The summed E-state index contributed by atoms with van der Waals surface area (Å²) in [5.41, 5.74) is -0.0831. The van der Waals surface area contributed by atoms with E-state index in [1.807, 2.05) is 13.1 Å². The number of methoxy groups -OCH3 is 1. The molecule has 0 saturated carbocycles. The molecule has 0 saturated heterocycles. The van der Waals surface area contributed by atoms with Crippen LogP contribution in [-0.2, 0) is 21.5 Å². The number of rotatable bonds is 4. The molecule has 0 aliphatic carbocycles. The molecule has 0 spiro atoms. The molecule has 1 heterocycles. The first-order valence-corrected chi connectivity index (χ1v) is 5.23. The Hall–Kier alpha value is -1.36. The zero-order valence-electron chi connectivity index (χ0n) is 10.1. The molecule has 5 heteroatoms. The lowest BCUT2D eigenvalue weighted by Gasteiger charge is -2.26. The van der Waals surface area contributed by atoms with Gasteiger partial charge in [0, 0.05) is 18.2 Å². The van der Waals surface area contributed by atoms with E-state index >= 15 is 0 Å². The van der Waals surface area contributed by atoms with E-state index in [-0.39, 0.29) is 0 Å². The minimum Gasteiger partial charge on any atom is -0.467 e. The maximum absolute atomic E-state index is 11.3. The van der Waals surface area contributed by atoms with E-state index in [4.69, 9.17) is 0 Å². The summed E-state index contributed by atoms with van der Waals surface area (Å²) in [6.45, 7) is 6.25. The number of esters is 1. The Kier molecular flexibility index (Phi) is 3.70. The van der Waals surface area contributed by atoms with Crippen molar-refractivity contribution in [1.82, 2.24) is 9.78 Å². The fourth-order valence-corrected chi connectivity index (χ4v) is 1.43. The molecule has 5 nitrogen and oxygen atoms in total. The van der Waals surface area contributed by atoms with Gasteiger partial charge in [0.15, 0.2) is 6.10 Å². The predicted molar refractivity (Wildman–Crippen MR) is 58.9 cm³/mol. The highest BCUT2D eigenvalue weighted by atomic mass is 16.5. The molecule has 0 aromatic carbocycles. The number of nitrogens with zero attached hydrogens (tertiary/aromatic N) is 2. The minimum absolute atomic E-state index is 0.643. The highest BCUT2D eigenvalue weighted by Gasteiger charge is 2.37. The van der Waals surface area contributed by atoms with E-state index in [9.17, 15) is 9.90 Å². The van der Waals surface area contributed by atoms with Crippen molar-refractivity contribution in [2.75, 3.05) is 7.11 Å². The minimum atomic E-state index is -1.21. The van der Waals surface area contributed by atoms with Gasteiger partial charge in [0.2, 0.25) is 0 Å². The van der Waals surface area contributed by atoms with Crippen LogP contribution < -0.4 is 0 Å². The second kappa shape index (κ2) is 4.65. The third kappa shape index (κ3) is 2.24. The number of aliphatic hydroxyl groups excluding tert-OH is 1. The molecule has 0 bridgehead atoms. The summed E-state index contributed by atoms with van der Waals surface area (Å²) in [5.74, 6) is -0.643. The number of aromatic nitrogens is 2. The first kappa shape index (κ1) is 12.7. The number of carbonyl (C=O) groups excluding carboxylic acids is 1. The first-order valence-electron chi connectivity index (χ1n) is 5.23. The number of carbonyl (C=O) groups is 1. The van der Waals surface area contributed by atoms with E-state index in [0.29, 0.717) is 5.69 Å². The van der Waals surface area contributed by atoms with Crippen LogP contribution in [0.2, 0.25) is 0 Å². The van der Waals surface area contributed by atoms with Crippen molar-refractivity contribution in [2.45, 2.75) is 38.8 Å². The molecule has 1 rings (SSSR count).